The van der Waals surface area contributed by atoms with Crippen LogP contribution in [0.3, 0.4) is 0 Å². The van der Waals surface area contributed by atoms with Gasteiger partial charge >= 0.3 is 0 Å². The molecule has 0 unspecified atom stereocenters. The Morgan fingerprint density at radius 3 is 2.47 bits per heavy atom. The van der Waals surface area contributed by atoms with Crippen molar-refractivity contribution in [3.05, 3.63) is 0 Å². The zero-order chi connectivity index (χ0) is 11.5. The molecule has 3 nitrogen and oxygen atoms in total. The van der Waals surface area contributed by atoms with Gasteiger partial charge in [0.1, 0.15) is 0 Å². The van der Waals surface area contributed by atoms with E-state index < -0.39 is 0 Å². The molecule has 1 amide bonds. The quantitative estimate of drug-likeness (QED) is 0.727. The van der Waals surface area contributed by atoms with E-state index in [1.54, 1.807) is 0 Å². The number of carbonyl (C=O) groups excluding carboxylic acids is 1. The molecule has 0 radical (unpaired) electrons. The Bertz CT molecular complexity index is 222. The van der Waals surface area contributed by atoms with Crippen LogP contribution in [0.25, 0.3) is 0 Å². The molecule has 0 atom stereocenters. The van der Waals surface area contributed by atoms with Crippen LogP contribution in [-0.2, 0) is 4.79 Å². The second kappa shape index (κ2) is 4.97. The van der Waals surface area contributed by atoms with E-state index in [1.165, 1.54) is 6.42 Å². The average molecular weight is 212 g/mol. The molecule has 1 fully saturated rings. The Labute approximate surface area is 93.0 Å². The smallest absolute Gasteiger partial charge is 0.229 e. The van der Waals surface area contributed by atoms with E-state index in [2.05, 4.69) is 13.8 Å². The number of amides is 1. The first-order valence-corrected chi connectivity index (χ1v) is 5.97. The fraction of sp³-hybridized carbons (Fsp3) is 0.917. The van der Waals surface area contributed by atoms with Crippen LogP contribution in [0.15, 0.2) is 0 Å². The van der Waals surface area contributed by atoms with Gasteiger partial charge in [-0.05, 0) is 31.6 Å². The number of hydrogen-bond acceptors (Lipinski definition) is 2. The average Bonchev–Trinajstić information content (AvgIpc) is 2.96. The van der Waals surface area contributed by atoms with E-state index in [9.17, 15) is 4.79 Å². The molecule has 88 valence electrons. The molecule has 0 aromatic carbocycles. The molecule has 1 aliphatic rings. The van der Waals surface area contributed by atoms with E-state index in [0.717, 1.165) is 31.7 Å². The Morgan fingerprint density at radius 1 is 1.47 bits per heavy atom. The van der Waals surface area contributed by atoms with Crippen molar-refractivity contribution in [3.63, 3.8) is 0 Å². The predicted molar refractivity (Wildman–Crippen MR) is 62.4 cm³/mol. The van der Waals surface area contributed by atoms with E-state index >= 15 is 0 Å². The summed E-state index contributed by atoms with van der Waals surface area (Å²) in [5.41, 5.74) is 5.46. The maximum absolute atomic E-state index is 12.0. The van der Waals surface area contributed by atoms with Crippen molar-refractivity contribution in [2.24, 2.45) is 17.1 Å². The van der Waals surface area contributed by atoms with E-state index in [0.29, 0.717) is 6.54 Å². The molecule has 1 rings (SSSR count). The lowest BCUT2D eigenvalue weighted by atomic mass is 10.0. The molecular formula is C12H24N2O. The van der Waals surface area contributed by atoms with Crippen LogP contribution >= 0.6 is 0 Å². The molecule has 1 aliphatic carbocycles. The summed E-state index contributed by atoms with van der Waals surface area (Å²) in [5.74, 6) is 0.978. The first-order valence-electron chi connectivity index (χ1n) is 5.97. The molecule has 1 saturated carbocycles. The maximum Gasteiger partial charge on any atom is 0.229 e. The van der Waals surface area contributed by atoms with Crippen LogP contribution < -0.4 is 5.73 Å². The summed E-state index contributed by atoms with van der Waals surface area (Å²) >= 11 is 0. The third-order valence-electron chi connectivity index (χ3n) is 3.32. The Kier molecular flexibility index (Phi) is 4.14. The summed E-state index contributed by atoms with van der Waals surface area (Å²) in [6.07, 6.45) is 4.25. The summed E-state index contributed by atoms with van der Waals surface area (Å²) in [5, 5.41) is 0. The van der Waals surface area contributed by atoms with Crippen LogP contribution in [0.2, 0.25) is 0 Å². The van der Waals surface area contributed by atoms with Gasteiger partial charge in [-0.25, -0.2) is 0 Å². The largest absolute Gasteiger partial charge is 0.345 e. The van der Waals surface area contributed by atoms with Crippen molar-refractivity contribution in [3.8, 4) is 0 Å². The van der Waals surface area contributed by atoms with Crippen LogP contribution in [0, 0.1) is 11.3 Å². The van der Waals surface area contributed by atoms with Gasteiger partial charge < -0.3 is 10.6 Å². The van der Waals surface area contributed by atoms with Gasteiger partial charge in [-0.15, -0.1) is 0 Å². The molecule has 0 aliphatic heterocycles. The van der Waals surface area contributed by atoms with Crippen molar-refractivity contribution in [2.75, 3.05) is 20.1 Å². The van der Waals surface area contributed by atoms with E-state index in [4.69, 9.17) is 5.73 Å². The summed E-state index contributed by atoms with van der Waals surface area (Å²) in [6.45, 7) is 5.81. The van der Waals surface area contributed by atoms with Gasteiger partial charge in [-0.2, -0.15) is 0 Å². The summed E-state index contributed by atoms with van der Waals surface area (Å²) in [6, 6.07) is 0. The van der Waals surface area contributed by atoms with Crippen molar-refractivity contribution in [1.29, 1.82) is 0 Å². The van der Waals surface area contributed by atoms with Gasteiger partial charge in [0.25, 0.3) is 0 Å². The number of nitrogens with two attached hydrogens (primary N) is 1. The Balaban J connectivity index is 2.28. The minimum Gasteiger partial charge on any atom is -0.345 e. The second-order valence-corrected chi connectivity index (χ2v) is 5.25. The van der Waals surface area contributed by atoms with Crippen molar-refractivity contribution in [1.82, 2.24) is 4.90 Å². The lowest BCUT2D eigenvalue weighted by Crippen LogP contribution is -2.38. The van der Waals surface area contributed by atoms with Crippen LogP contribution in [-0.4, -0.2) is 30.9 Å². The van der Waals surface area contributed by atoms with Gasteiger partial charge in [0, 0.05) is 20.1 Å². The van der Waals surface area contributed by atoms with Crippen LogP contribution in [0.4, 0.5) is 0 Å². The van der Waals surface area contributed by atoms with Crippen LogP contribution in [0.1, 0.15) is 39.5 Å². The van der Waals surface area contributed by atoms with E-state index in [-0.39, 0.29) is 11.3 Å². The molecule has 3 heteroatoms. The highest BCUT2D eigenvalue weighted by molar-refractivity contribution is 5.85. The highest BCUT2D eigenvalue weighted by Gasteiger charge is 2.49. The molecule has 0 bridgehead atoms. The van der Waals surface area contributed by atoms with Gasteiger partial charge in [0.05, 0.1) is 5.41 Å². The topological polar surface area (TPSA) is 46.3 Å². The monoisotopic (exact) mass is 212 g/mol. The minimum absolute atomic E-state index is 0.174. The molecule has 2 N–H and O–H groups in total. The molecule has 0 heterocycles. The van der Waals surface area contributed by atoms with Gasteiger partial charge in [0.15, 0.2) is 0 Å². The summed E-state index contributed by atoms with van der Waals surface area (Å²) in [7, 11) is 1.90. The minimum atomic E-state index is -0.174. The molecule has 15 heavy (non-hydrogen) atoms. The van der Waals surface area contributed by atoms with Crippen LogP contribution in [0.5, 0.6) is 0 Å². The van der Waals surface area contributed by atoms with Crippen molar-refractivity contribution < 1.29 is 4.79 Å². The fourth-order valence-electron chi connectivity index (χ4n) is 1.90. The molecule has 0 aromatic rings. The van der Waals surface area contributed by atoms with Crippen molar-refractivity contribution in [2.45, 2.75) is 39.5 Å². The SMILES string of the molecule is CC(C)CCCN(C)C(=O)C1(CN)CC1. The second-order valence-electron chi connectivity index (χ2n) is 5.25. The molecule has 0 saturated heterocycles. The summed E-state index contributed by atoms with van der Waals surface area (Å²) < 4.78 is 0. The van der Waals surface area contributed by atoms with Gasteiger partial charge in [0.2, 0.25) is 5.91 Å². The highest BCUT2D eigenvalue weighted by atomic mass is 16.2. The number of rotatable bonds is 6. The molecular weight excluding hydrogens is 188 g/mol. The standard InChI is InChI=1S/C12H24N2O/c1-10(2)5-4-8-14(3)11(15)12(9-13)6-7-12/h10H,4-9,13H2,1-3H3. The van der Waals surface area contributed by atoms with Gasteiger partial charge in [-0.1, -0.05) is 13.8 Å². The molecule has 0 spiro atoms. The number of hydrogen-bond donors (Lipinski definition) is 1. The third-order valence-corrected chi connectivity index (χ3v) is 3.32. The zero-order valence-electron chi connectivity index (χ0n) is 10.3. The predicted octanol–water partition coefficient (Wildman–Crippen LogP) is 1.62. The molecule has 0 aromatic heterocycles. The normalized spacial score (nSPS) is 17.9. The highest BCUT2D eigenvalue weighted by Crippen LogP contribution is 2.45. The zero-order valence-corrected chi connectivity index (χ0v) is 10.3. The number of nitrogens with zero attached hydrogens (tertiary/aromatic N) is 1. The van der Waals surface area contributed by atoms with Gasteiger partial charge in [-0.3, -0.25) is 4.79 Å². The summed E-state index contributed by atoms with van der Waals surface area (Å²) in [4.78, 5) is 13.8. The first-order chi connectivity index (χ1) is 7.02. The first kappa shape index (κ1) is 12.5. The fourth-order valence-corrected chi connectivity index (χ4v) is 1.90. The lowest BCUT2D eigenvalue weighted by molar-refractivity contribution is -0.135. The Hall–Kier alpha value is -0.570. The lowest BCUT2D eigenvalue weighted by Gasteiger charge is -2.22. The third kappa shape index (κ3) is 3.20. The van der Waals surface area contributed by atoms with E-state index in [1.807, 2.05) is 11.9 Å². The number of carbonyl (C=O) groups is 1. The van der Waals surface area contributed by atoms with Crippen molar-refractivity contribution >= 4 is 5.91 Å². The maximum atomic E-state index is 12.0. The Morgan fingerprint density at radius 2 is 2.07 bits per heavy atom.